The van der Waals surface area contributed by atoms with Gasteiger partial charge in [-0.25, -0.2) is 9.50 Å². The Labute approximate surface area is 143 Å². The predicted octanol–water partition coefficient (Wildman–Crippen LogP) is 2.63. The third-order valence-corrected chi connectivity index (χ3v) is 3.71. The van der Waals surface area contributed by atoms with Gasteiger partial charge >= 0.3 is 0 Å². The zero-order valence-electron chi connectivity index (χ0n) is 13.1. The molecule has 0 unspecified atom stereocenters. The van der Waals surface area contributed by atoms with E-state index in [0.717, 1.165) is 0 Å². The molecule has 0 aliphatic rings. The van der Waals surface area contributed by atoms with Gasteiger partial charge in [0.25, 0.3) is 5.91 Å². The van der Waals surface area contributed by atoms with Crippen molar-refractivity contribution in [1.82, 2.24) is 19.6 Å². The van der Waals surface area contributed by atoms with Crippen LogP contribution >= 0.6 is 0 Å². The highest BCUT2D eigenvalue weighted by Crippen LogP contribution is 2.27. The van der Waals surface area contributed by atoms with Crippen LogP contribution in [0.25, 0.3) is 16.9 Å². The van der Waals surface area contributed by atoms with E-state index in [1.165, 1.54) is 0 Å². The molecule has 7 nitrogen and oxygen atoms in total. The van der Waals surface area contributed by atoms with E-state index in [4.69, 9.17) is 5.73 Å². The predicted molar refractivity (Wildman–Crippen MR) is 95.0 cm³/mol. The number of nitrogen functional groups attached to an aromatic ring is 1. The minimum absolute atomic E-state index is 0.216. The van der Waals surface area contributed by atoms with Crippen LogP contribution in [0.2, 0.25) is 0 Å². The summed E-state index contributed by atoms with van der Waals surface area (Å²) in [5, 5.41) is 7.07. The summed E-state index contributed by atoms with van der Waals surface area (Å²) in [6, 6.07) is 14.5. The average Bonchev–Trinajstić information content (AvgIpc) is 2.98. The lowest BCUT2D eigenvalue weighted by molar-refractivity contribution is 0.102. The highest BCUT2D eigenvalue weighted by molar-refractivity contribution is 6.04. The fourth-order valence-electron chi connectivity index (χ4n) is 2.57. The van der Waals surface area contributed by atoms with E-state index in [1.807, 2.05) is 36.4 Å². The summed E-state index contributed by atoms with van der Waals surface area (Å²) < 4.78 is 1.54. The molecule has 0 fully saturated rings. The largest absolute Gasteiger partial charge is 0.382 e. The maximum absolute atomic E-state index is 12.2. The summed E-state index contributed by atoms with van der Waals surface area (Å²) in [7, 11) is 0. The number of amides is 1. The molecule has 0 atom stereocenters. The fourth-order valence-corrected chi connectivity index (χ4v) is 2.57. The highest BCUT2D eigenvalue weighted by atomic mass is 16.1. The van der Waals surface area contributed by atoms with Crippen LogP contribution in [0.15, 0.2) is 67.1 Å². The van der Waals surface area contributed by atoms with Gasteiger partial charge in [0, 0.05) is 11.8 Å². The summed E-state index contributed by atoms with van der Waals surface area (Å²) >= 11 is 0. The SMILES string of the molecule is Nc1nn2cc(NC(=O)c3ccccc3)cnc2c1-c1ccccn1. The van der Waals surface area contributed by atoms with Gasteiger partial charge in [0.05, 0.1) is 29.3 Å². The van der Waals surface area contributed by atoms with E-state index >= 15 is 0 Å². The topological polar surface area (TPSA) is 98.2 Å². The molecule has 0 saturated carbocycles. The fraction of sp³-hybridized carbons (Fsp3) is 0. The minimum Gasteiger partial charge on any atom is -0.382 e. The zero-order valence-corrected chi connectivity index (χ0v) is 13.1. The molecule has 0 radical (unpaired) electrons. The van der Waals surface area contributed by atoms with Gasteiger partial charge in [-0.1, -0.05) is 24.3 Å². The molecule has 3 heterocycles. The van der Waals surface area contributed by atoms with E-state index in [9.17, 15) is 4.79 Å². The molecule has 0 spiro atoms. The summed E-state index contributed by atoms with van der Waals surface area (Å²) in [5.41, 5.74) is 9.06. The van der Waals surface area contributed by atoms with Crippen LogP contribution in [0, 0.1) is 0 Å². The van der Waals surface area contributed by atoms with Gasteiger partial charge in [0.2, 0.25) is 0 Å². The number of nitrogens with one attached hydrogen (secondary N) is 1. The molecule has 7 heteroatoms. The van der Waals surface area contributed by atoms with Crippen LogP contribution in [0.1, 0.15) is 10.4 Å². The zero-order chi connectivity index (χ0) is 17.2. The van der Waals surface area contributed by atoms with E-state index in [1.54, 1.807) is 35.2 Å². The number of fused-ring (bicyclic) bond motifs is 1. The molecular weight excluding hydrogens is 316 g/mol. The van der Waals surface area contributed by atoms with Crippen molar-refractivity contribution in [2.75, 3.05) is 11.1 Å². The number of aromatic nitrogens is 4. The van der Waals surface area contributed by atoms with Gasteiger partial charge in [-0.3, -0.25) is 9.78 Å². The lowest BCUT2D eigenvalue weighted by Crippen LogP contribution is -2.12. The molecule has 0 aliphatic carbocycles. The average molecular weight is 330 g/mol. The van der Waals surface area contributed by atoms with Crippen LogP contribution < -0.4 is 11.1 Å². The summed E-state index contributed by atoms with van der Waals surface area (Å²) in [4.78, 5) is 20.9. The Balaban J connectivity index is 1.69. The van der Waals surface area contributed by atoms with E-state index in [2.05, 4.69) is 20.4 Å². The number of nitrogens with two attached hydrogens (primary N) is 1. The van der Waals surface area contributed by atoms with Gasteiger partial charge in [-0.2, -0.15) is 0 Å². The Morgan fingerprint density at radius 3 is 2.60 bits per heavy atom. The molecule has 0 bridgehead atoms. The molecular formula is C18H14N6O. The van der Waals surface area contributed by atoms with E-state index in [-0.39, 0.29) is 5.91 Å². The highest BCUT2D eigenvalue weighted by Gasteiger charge is 2.15. The quantitative estimate of drug-likeness (QED) is 0.602. The molecule has 3 aromatic heterocycles. The van der Waals surface area contributed by atoms with Gasteiger partial charge in [0.1, 0.15) is 0 Å². The van der Waals surface area contributed by atoms with Crippen LogP contribution in [-0.4, -0.2) is 25.5 Å². The third-order valence-electron chi connectivity index (χ3n) is 3.71. The van der Waals surface area contributed by atoms with Crippen molar-refractivity contribution in [2.45, 2.75) is 0 Å². The van der Waals surface area contributed by atoms with E-state index in [0.29, 0.717) is 34.0 Å². The number of hydrogen-bond acceptors (Lipinski definition) is 5. The minimum atomic E-state index is -0.216. The lowest BCUT2D eigenvalue weighted by Gasteiger charge is -2.05. The Bertz CT molecular complexity index is 1040. The number of carbonyl (C=O) groups is 1. The van der Waals surface area contributed by atoms with Crippen LogP contribution in [0.3, 0.4) is 0 Å². The van der Waals surface area contributed by atoms with Crippen molar-refractivity contribution in [3.05, 3.63) is 72.7 Å². The van der Waals surface area contributed by atoms with Crippen molar-refractivity contribution in [3.63, 3.8) is 0 Å². The molecule has 0 saturated heterocycles. The molecule has 3 N–H and O–H groups in total. The Kier molecular flexibility index (Phi) is 3.59. The van der Waals surface area contributed by atoms with Gasteiger partial charge in [-0.05, 0) is 24.3 Å². The first-order valence-electron chi connectivity index (χ1n) is 7.64. The first-order valence-corrected chi connectivity index (χ1v) is 7.64. The molecule has 122 valence electrons. The lowest BCUT2D eigenvalue weighted by atomic mass is 10.2. The first-order chi connectivity index (χ1) is 12.2. The maximum Gasteiger partial charge on any atom is 0.255 e. The number of anilines is 2. The summed E-state index contributed by atoms with van der Waals surface area (Å²) in [6.45, 7) is 0. The second-order valence-electron chi connectivity index (χ2n) is 5.41. The smallest absolute Gasteiger partial charge is 0.255 e. The van der Waals surface area contributed by atoms with Gasteiger partial charge < -0.3 is 11.1 Å². The van der Waals surface area contributed by atoms with Crippen molar-refractivity contribution in [1.29, 1.82) is 0 Å². The number of carbonyl (C=O) groups excluding carboxylic acids is 1. The van der Waals surface area contributed by atoms with Crippen molar-refractivity contribution < 1.29 is 4.79 Å². The molecule has 1 amide bonds. The van der Waals surface area contributed by atoms with Crippen molar-refractivity contribution in [3.8, 4) is 11.3 Å². The summed E-state index contributed by atoms with van der Waals surface area (Å²) in [5.74, 6) is 0.115. The van der Waals surface area contributed by atoms with E-state index < -0.39 is 0 Å². The number of pyridine rings is 1. The first kappa shape index (κ1) is 14.8. The van der Waals surface area contributed by atoms with Gasteiger partial charge in [-0.15, -0.1) is 5.10 Å². The summed E-state index contributed by atoms with van der Waals surface area (Å²) in [6.07, 6.45) is 4.93. The number of benzene rings is 1. The molecule has 1 aromatic carbocycles. The van der Waals surface area contributed by atoms with Crippen LogP contribution in [-0.2, 0) is 0 Å². The van der Waals surface area contributed by atoms with Crippen LogP contribution in [0.4, 0.5) is 11.5 Å². The molecule has 0 aliphatic heterocycles. The molecule has 25 heavy (non-hydrogen) atoms. The van der Waals surface area contributed by atoms with Crippen molar-refractivity contribution >= 4 is 23.1 Å². The Morgan fingerprint density at radius 2 is 1.84 bits per heavy atom. The monoisotopic (exact) mass is 330 g/mol. The number of nitrogens with zero attached hydrogens (tertiary/aromatic N) is 4. The Hall–Kier alpha value is -3.74. The normalized spacial score (nSPS) is 10.7. The maximum atomic E-state index is 12.2. The second kappa shape index (κ2) is 6.04. The third kappa shape index (κ3) is 2.78. The second-order valence-corrected chi connectivity index (χ2v) is 5.41. The van der Waals surface area contributed by atoms with Gasteiger partial charge in [0.15, 0.2) is 11.5 Å². The molecule has 4 rings (SSSR count). The Morgan fingerprint density at radius 1 is 1.04 bits per heavy atom. The van der Waals surface area contributed by atoms with Crippen molar-refractivity contribution in [2.24, 2.45) is 0 Å². The van der Waals surface area contributed by atoms with Crippen LogP contribution in [0.5, 0.6) is 0 Å². The number of rotatable bonds is 3. The standard InChI is InChI=1S/C18H14N6O/c19-16-15(14-8-4-5-9-20-14)17-21-10-13(11-24(17)23-16)22-18(25)12-6-2-1-3-7-12/h1-11H,(H2,19,23)(H,22,25). The molecule has 4 aromatic rings. The number of hydrogen-bond donors (Lipinski definition) is 2.